The summed E-state index contributed by atoms with van der Waals surface area (Å²) in [5.74, 6) is 0.423. The van der Waals surface area contributed by atoms with E-state index in [0.717, 1.165) is 35.3 Å². The van der Waals surface area contributed by atoms with Crippen LogP contribution in [-0.2, 0) is 11.0 Å². The highest BCUT2D eigenvalue weighted by Gasteiger charge is 2.33. The van der Waals surface area contributed by atoms with E-state index in [-0.39, 0.29) is 16.6 Å². The summed E-state index contributed by atoms with van der Waals surface area (Å²) in [6.07, 6.45) is -4.68. The maximum absolute atomic E-state index is 12.8. The van der Waals surface area contributed by atoms with Gasteiger partial charge in [-0.3, -0.25) is 14.9 Å². The van der Waals surface area contributed by atoms with Crippen molar-refractivity contribution in [2.24, 2.45) is 0 Å². The first-order chi connectivity index (χ1) is 14.7. The Morgan fingerprint density at radius 1 is 1.16 bits per heavy atom. The van der Waals surface area contributed by atoms with E-state index in [0.29, 0.717) is 32.2 Å². The highest BCUT2D eigenvalue weighted by Crippen LogP contribution is 2.36. The van der Waals surface area contributed by atoms with Gasteiger partial charge in [-0.15, -0.1) is 11.8 Å². The number of nitro groups is 1. The topological polar surface area (TPSA) is 75.9 Å². The van der Waals surface area contributed by atoms with Crippen molar-refractivity contribution in [3.8, 4) is 5.75 Å². The van der Waals surface area contributed by atoms with Crippen LogP contribution in [0, 0.1) is 10.1 Å². The molecule has 3 rings (SSSR count). The number of thioether (sulfide) groups is 1. The van der Waals surface area contributed by atoms with E-state index in [1.165, 1.54) is 0 Å². The van der Waals surface area contributed by atoms with E-state index in [1.807, 2.05) is 24.3 Å². The second kappa shape index (κ2) is 9.46. The number of hydrogen-bond donors (Lipinski definition) is 0. The number of rotatable bonds is 6. The molecule has 11 heteroatoms. The van der Waals surface area contributed by atoms with Crippen molar-refractivity contribution in [2.45, 2.75) is 11.1 Å². The molecule has 1 fully saturated rings. The number of alkyl halides is 3. The summed E-state index contributed by atoms with van der Waals surface area (Å²) in [6.45, 7) is 2.12. The average molecular weight is 455 g/mol. The van der Waals surface area contributed by atoms with Gasteiger partial charge in [-0.25, -0.2) is 0 Å². The van der Waals surface area contributed by atoms with E-state index < -0.39 is 22.4 Å². The fourth-order valence-corrected chi connectivity index (χ4v) is 4.18. The third-order valence-corrected chi connectivity index (χ3v) is 5.94. The molecule has 7 nitrogen and oxygen atoms in total. The minimum atomic E-state index is -4.68. The zero-order chi connectivity index (χ0) is 22.6. The Morgan fingerprint density at radius 2 is 1.84 bits per heavy atom. The Bertz CT molecular complexity index is 963. The fraction of sp³-hybridized carbons (Fsp3) is 0.350. The molecule has 0 aliphatic carbocycles. The van der Waals surface area contributed by atoms with Crippen molar-refractivity contribution in [3.05, 3.63) is 58.1 Å². The first-order valence-electron chi connectivity index (χ1n) is 9.35. The van der Waals surface area contributed by atoms with Gasteiger partial charge in [0.25, 0.3) is 5.69 Å². The monoisotopic (exact) mass is 455 g/mol. The van der Waals surface area contributed by atoms with Gasteiger partial charge in [-0.1, -0.05) is 12.1 Å². The summed E-state index contributed by atoms with van der Waals surface area (Å²) in [5.41, 5.74) is -0.817. The van der Waals surface area contributed by atoms with E-state index in [1.54, 1.807) is 12.0 Å². The molecular formula is C20H20F3N3O4S. The molecule has 0 spiro atoms. The third-order valence-electron chi connectivity index (χ3n) is 4.89. The number of halogens is 3. The second-order valence-corrected chi connectivity index (χ2v) is 7.78. The van der Waals surface area contributed by atoms with Gasteiger partial charge >= 0.3 is 6.18 Å². The predicted molar refractivity (Wildman–Crippen MR) is 111 cm³/mol. The summed E-state index contributed by atoms with van der Waals surface area (Å²) < 4.78 is 43.8. The summed E-state index contributed by atoms with van der Waals surface area (Å²) in [5, 5.41) is 11.2. The zero-order valence-corrected chi connectivity index (χ0v) is 17.4. The minimum Gasteiger partial charge on any atom is -0.495 e. The second-order valence-electron chi connectivity index (χ2n) is 6.77. The van der Waals surface area contributed by atoms with E-state index >= 15 is 0 Å². The lowest BCUT2D eigenvalue weighted by Crippen LogP contribution is -2.49. The number of para-hydroxylation sites is 2. The molecule has 0 unspecified atom stereocenters. The van der Waals surface area contributed by atoms with Crippen molar-refractivity contribution in [1.29, 1.82) is 0 Å². The van der Waals surface area contributed by atoms with Gasteiger partial charge < -0.3 is 14.5 Å². The van der Waals surface area contributed by atoms with Crippen LogP contribution in [0.3, 0.4) is 0 Å². The fourth-order valence-electron chi connectivity index (χ4n) is 3.28. The van der Waals surface area contributed by atoms with E-state index in [9.17, 15) is 28.1 Å². The van der Waals surface area contributed by atoms with E-state index in [4.69, 9.17) is 4.74 Å². The van der Waals surface area contributed by atoms with Gasteiger partial charge in [-0.05, 0) is 24.3 Å². The molecule has 31 heavy (non-hydrogen) atoms. The molecule has 0 bridgehead atoms. The number of carbonyl (C=O) groups excluding carboxylic acids is 1. The highest BCUT2D eigenvalue weighted by molar-refractivity contribution is 8.00. The molecule has 0 N–H and O–H groups in total. The van der Waals surface area contributed by atoms with Gasteiger partial charge in [-0.2, -0.15) is 13.2 Å². The lowest BCUT2D eigenvalue weighted by Gasteiger charge is -2.36. The highest BCUT2D eigenvalue weighted by atomic mass is 32.2. The average Bonchev–Trinajstić information content (AvgIpc) is 2.76. The van der Waals surface area contributed by atoms with Gasteiger partial charge in [0.15, 0.2) is 0 Å². The van der Waals surface area contributed by atoms with Crippen LogP contribution >= 0.6 is 11.8 Å². The number of ether oxygens (including phenoxy) is 1. The molecule has 1 aliphatic rings. The maximum atomic E-state index is 12.8. The number of carbonyl (C=O) groups is 1. The number of amides is 1. The molecule has 1 aliphatic heterocycles. The predicted octanol–water partition coefficient (Wildman–Crippen LogP) is 4.06. The Balaban J connectivity index is 1.60. The lowest BCUT2D eigenvalue weighted by molar-refractivity contribution is -0.388. The van der Waals surface area contributed by atoms with Gasteiger partial charge in [0, 0.05) is 32.2 Å². The first-order valence-corrected chi connectivity index (χ1v) is 10.3. The molecule has 0 atom stereocenters. The van der Waals surface area contributed by atoms with Crippen LogP contribution in [0.25, 0.3) is 0 Å². The standard InChI is InChI=1S/C20H20F3N3O4S/c1-30-17-5-3-2-4-15(17)24-8-10-25(11-9-24)19(27)13-31-18-7-6-14(20(21,22)23)12-16(18)26(28)29/h2-7,12H,8-11,13H2,1H3. The normalized spacial score (nSPS) is 14.5. The Morgan fingerprint density at radius 3 is 2.45 bits per heavy atom. The lowest BCUT2D eigenvalue weighted by atomic mass is 10.2. The van der Waals surface area contributed by atoms with Crippen LogP contribution in [0.1, 0.15) is 5.56 Å². The molecule has 0 aromatic heterocycles. The molecule has 0 radical (unpaired) electrons. The number of nitrogens with zero attached hydrogens (tertiary/aromatic N) is 3. The molecule has 1 amide bonds. The maximum Gasteiger partial charge on any atom is 0.416 e. The summed E-state index contributed by atoms with van der Waals surface area (Å²) in [7, 11) is 1.59. The molecule has 1 saturated heterocycles. The summed E-state index contributed by atoms with van der Waals surface area (Å²) in [4.78, 5) is 26.7. The Kier molecular flexibility index (Phi) is 6.94. The SMILES string of the molecule is COc1ccccc1N1CCN(C(=O)CSc2ccc(C(F)(F)F)cc2[N+](=O)[O-])CC1. The number of piperazine rings is 1. The number of benzene rings is 2. The summed E-state index contributed by atoms with van der Waals surface area (Å²) >= 11 is 0.866. The number of hydrogen-bond acceptors (Lipinski definition) is 6. The molecule has 0 saturated carbocycles. The Labute approximate surface area is 180 Å². The number of methoxy groups -OCH3 is 1. The van der Waals surface area contributed by atoms with Crippen LogP contribution < -0.4 is 9.64 Å². The summed E-state index contributed by atoms with van der Waals surface area (Å²) in [6, 6.07) is 9.91. The van der Waals surface area contributed by atoms with Crippen LogP contribution in [0.15, 0.2) is 47.4 Å². The van der Waals surface area contributed by atoms with E-state index in [2.05, 4.69) is 4.90 Å². The van der Waals surface area contributed by atoms with Gasteiger partial charge in [0.05, 0.1) is 33.9 Å². The number of nitro benzene ring substituents is 1. The first kappa shape index (κ1) is 22.7. The van der Waals surface area contributed by atoms with Crippen molar-refractivity contribution in [3.63, 3.8) is 0 Å². The number of anilines is 1. The van der Waals surface area contributed by atoms with Crippen molar-refractivity contribution >= 4 is 29.0 Å². The van der Waals surface area contributed by atoms with Crippen LogP contribution in [-0.4, -0.2) is 54.8 Å². The zero-order valence-electron chi connectivity index (χ0n) is 16.6. The van der Waals surface area contributed by atoms with Gasteiger partial charge in [0.2, 0.25) is 5.91 Å². The molecular weight excluding hydrogens is 435 g/mol. The van der Waals surface area contributed by atoms with Crippen molar-refractivity contribution < 1.29 is 27.6 Å². The molecule has 2 aromatic rings. The third kappa shape index (κ3) is 5.40. The molecule has 2 aromatic carbocycles. The van der Waals surface area contributed by atoms with Crippen LogP contribution in [0.2, 0.25) is 0 Å². The van der Waals surface area contributed by atoms with Crippen LogP contribution in [0.4, 0.5) is 24.5 Å². The quantitative estimate of drug-likeness (QED) is 0.372. The molecule has 1 heterocycles. The molecule has 166 valence electrons. The minimum absolute atomic E-state index is 0.0269. The van der Waals surface area contributed by atoms with Crippen LogP contribution in [0.5, 0.6) is 5.75 Å². The largest absolute Gasteiger partial charge is 0.495 e. The van der Waals surface area contributed by atoms with Crippen molar-refractivity contribution in [2.75, 3.05) is 43.9 Å². The van der Waals surface area contributed by atoms with Gasteiger partial charge in [0.1, 0.15) is 5.75 Å². The van der Waals surface area contributed by atoms with Crippen molar-refractivity contribution in [1.82, 2.24) is 4.90 Å². The Hall–Kier alpha value is -2.95. The smallest absolute Gasteiger partial charge is 0.416 e.